The zero-order chi connectivity index (χ0) is 12.1. The molecule has 1 N–H and O–H groups in total. The summed E-state index contributed by atoms with van der Waals surface area (Å²) >= 11 is 0. The Hall–Kier alpha value is -1.39. The van der Waals surface area contributed by atoms with E-state index in [1.165, 1.54) is 0 Å². The summed E-state index contributed by atoms with van der Waals surface area (Å²) in [7, 11) is 0. The van der Waals surface area contributed by atoms with Crippen LogP contribution in [0, 0.1) is 5.92 Å². The number of hydrogen-bond donors (Lipinski definition) is 1. The maximum absolute atomic E-state index is 11.8. The fraction of sp³-hybridized carbons (Fsp3) is 0.462. The highest BCUT2D eigenvalue weighted by Crippen LogP contribution is 2.11. The fourth-order valence-corrected chi connectivity index (χ4v) is 1.76. The molecule has 2 atom stereocenters. The van der Waals surface area contributed by atoms with Gasteiger partial charge in [-0.15, -0.1) is 0 Å². The minimum atomic E-state index is -0.183. The SMILES string of the molecule is CC(C(=O)OCc1ccccc1)[C@@H]1COCN1. The normalized spacial score (nSPS) is 21.1. The van der Waals surface area contributed by atoms with E-state index in [-0.39, 0.29) is 17.9 Å². The molecule has 4 heteroatoms. The molecular formula is C13H17NO3. The smallest absolute Gasteiger partial charge is 0.310 e. The number of nitrogens with one attached hydrogen (secondary N) is 1. The summed E-state index contributed by atoms with van der Waals surface area (Å²) in [5.74, 6) is -0.363. The molecule has 1 heterocycles. The largest absolute Gasteiger partial charge is 0.461 e. The van der Waals surface area contributed by atoms with E-state index in [1.54, 1.807) is 0 Å². The van der Waals surface area contributed by atoms with Gasteiger partial charge in [0.1, 0.15) is 6.61 Å². The highest BCUT2D eigenvalue weighted by atomic mass is 16.5. The Bertz CT molecular complexity index is 360. The molecule has 17 heavy (non-hydrogen) atoms. The van der Waals surface area contributed by atoms with Crippen molar-refractivity contribution in [3.05, 3.63) is 35.9 Å². The third-order valence-corrected chi connectivity index (χ3v) is 2.94. The minimum Gasteiger partial charge on any atom is -0.461 e. The topological polar surface area (TPSA) is 47.6 Å². The Morgan fingerprint density at radius 2 is 2.29 bits per heavy atom. The predicted molar refractivity (Wildman–Crippen MR) is 63.1 cm³/mol. The van der Waals surface area contributed by atoms with Crippen molar-refractivity contribution in [2.75, 3.05) is 13.3 Å². The third-order valence-electron chi connectivity index (χ3n) is 2.94. The molecule has 1 saturated heterocycles. The van der Waals surface area contributed by atoms with Crippen molar-refractivity contribution in [3.8, 4) is 0 Å². The standard InChI is InChI=1S/C13H17NO3/c1-10(12-8-16-9-14-12)13(15)17-7-11-5-3-2-4-6-11/h2-6,10,12,14H,7-9H2,1H3/t10?,12-/m0/s1. The quantitative estimate of drug-likeness (QED) is 0.799. The summed E-state index contributed by atoms with van der Waals surface area (Å²) in [5.41, 5.74) is 1.00. The van der Waals surface area contributed by atoms with Crippen LogP contribution in [0.3, 0.4) is 0 Å². The molecule has 0 aromatic heterocycles. The lowest BCUT2D eigenvalue weighted by Crippen LogP contribution is -2.36. The Balaban J connectivity index is 1.80. The van der Waals surface area contributed by atoms with Crippen molar-refractivity contribution >= 4 is 5.97 Å². The van der Waals surface area contributed by atoms with E-state index in [2.05, 4.69) is 5.32 Å². The number of rotatable bonds is 4. The van der Waals surface area contributed by atoms with Crippen molar-refractivity contribution in [1.29, 1.82) is 0 Å². The van der Waals surface area contributed by atoms with E-state index in [0.29, 0.717) is 19.9 Å². The Morgan fingerprint density at radius 3 is 2.94 bits per heavy atom. The molecule has 1 fully saturated rings. The number of hydrogen-bond acceptors (Lipinski definition) is 4. The van der Waals surface area contributed by atoms with E-state index in [0.717, 1.165) is 5.56 Å². The molecule has 0 amide bonds. The molecule has 1 aromatic rings. The van der Waals surface area contributed by atoms with E-state index in [9.17, 15) is 4.79 Å². The zero-order valence-electron chi connectivity index (χ0n) is 9.89. The minimum absolute atomic E-state index is 0.0678. The lowest BCUT2D eigenvalue weighted by Gasteiger charge is -2.16. The molecule has 1 aliphatic rings. The molecule has 2 rings (SSSR count). The molecule has 0 saturated carbocycles. The monoisotopic (exact) mass is 235 g/mol. The van der Waals surface area contributed by atoms with Gasteiger partial charge in [-0.3, -0.25) is 10.1 Å². The van der Waals surface area contributed by atoms with Gasteiger partial charge in [0, 0.05) is 6.04 Å². The van der Waals surface area contributed by atoms with Crippen LogP contribution in [0.5, 0.6) is 0 Å². The lowest BCUT2D eigenvalue weighted by molar-refractivity contribution is -0.150. The maximum Gasteiger partial charge on any atom is 0.310 e. The van der Waals surface area contributed by atoms with Gasteiger partial charge in [-0.2, -0.15) is 0 Å². The summed E-state index contributed by atoms with van der Waals surface area (Å²) in [6.07, 6.45) is 0. The first-order valence-electron chi connectivity index (χ1n) is 5.79. The Labute approximate surface area is 101 Å². The highest BCUT2D eigenvalue weighted by molar-refractivity contribution is 5.72. The van der Waals surface area contributed by atoms with Crippen LogP contribution in [0.2, 0.25) is 0 Å². The Morgan fingerprint density at radius 1 is 1.53 bits per heavy atom. The van der Waals surface area contributed by atoms with E-state index in [1.807, 2.05) is 37.3 Å². The highest BCUT2D eigenvalue weighted by Gasteiger charge is 2.28. The van der Waals surface area contributed by atoms with Gasteiger partial charge in [0.2, 0.25) is 0 Å². The first-order valence-corrected chi connectivity index (χ1v) is 5.79. The van der Waals surface area contributed by atoms with Crippen LogP contribution in [0.4, 0.5) is 0 Å². The fourth-order valence-electron chi connectivity index (χ4n) is 1.76. The molecule has 1 aromatic carbocycles. The van der Waals surface area contributed by atoms with Crippen LogP contribution >= 0.6 is 0 Å². The lowest BCUT2D eigenvalue weighted by atomic mass is 10.0. The second-order valence-corrected chi connectivity index (χ2v) is 4.21. The third kappa shape index (κ3) is 3.28. The molecule has 0 spiro atoms. The molecular weight excluding hydrogens is 218 g/mol. The van der Waals surface area contributed by atoms with Crippen molar-refractivity contribution < 1.29 is 14.3 Å². The molecule has 92 valence electrons. The van der Waals surface area contributed by atoms with Gasteiger partial charge in [0.25, 0.3) is 0 Å². The van der Waals surface area contributed by atoms with Crippen molar-refractivity contribution in [1.82, 2.24) is 5.32 Å². The summed E-state index contributed by atoms with van der Waals surface area (Å²) in [5, 5.41) is 3.11. The van der Waals surface area contributed by atoms with Crippen molar-refractivity contribution in [3.63, 3.8) is 0 Å². The summed E-state index contributed by atoms with van der Waals surface area (Å²) < 4.78 is 10.4. The second-order valence-electron chi connectivity index (χ2n) is 4.21. The van der Waals surface area contributed by atoms with Crippen LogP contribution in [-0.2, 0) is 20.9 Å². The number of ether oxygens (including phenoxy) is 2. The second kappa shape index (κ2) is 5.80. The zero-order valence-corrected chi connectivity index (χ0v) is 9.89. The van der Waals surface area contributed by atoms with Gasteiger partial charge in [0.15, 0.2) is 0 Å². The summed E-state index contributed by atoms with van der Waals surface area (Å²) in [4.78, 5) is 11.8. The van der Waals surface area contributed by atoms with Gasteiger partial charge in [-0.25, -0.2) is 0 Å². The first-order chi connectivity index (χ1) is 8.27. The van der Waals surface area contributed by atoms with Gasteiger partial charge in [0.05, 0.1) is 19.3 Å². The van der Waals surface area contributed by atoms with Crippen LogP contribution < -0.4 is 5.32 Å². The Kier molecular flexibility index (Phi) is 4.12. The maximum atomic E-state index is 11.8. The number of esters is 1. The number of carbonyl (C=O) groups excluding carboxylic acids is 1. The van der Waals surface area contributed by atoms with E-state index >= 15 is 0 Å². The molecule has 0 radical (unpaired) electrons. The molecule has 1 aliphatic heterocycles. The van der Waals surface area contributed by atoms with Gasteiger partial charge in [-0.1, -0.05) is 37.3 Å². The molecule has 0 bridgehead atoms. The average molecular weight is 235 g/mol. The number of benzene rings is 1. The molecule has 0 aliphatic carbocycles. The van der Waals surface area contributed by atoms with Crippen LogP contribution in [0.1, 0.15) is 12.5 Å². The van der Waals surface area contributed by atoms with Gasteiger partial charge in [-0.05, 0) is 5.56 Å². The van der Waals surface area contributed by atoms with Gasteiger partial charge < -0.3 is 9.47 Å². The van der Waals surface area contributed by atoms with E-state index < -0.39 is 0 Å². The summed E-state index contributed by atoms with van der Waals surface area (Å²) in [6, 6.07) is 9.74. The predicted octanol–water partition coefficient (Wildman–Crippen LogP) is 1.31. The van der Waals surface area contributed by atoms with Crippen LogP contribution in [-0.4, -0.2) is 25.3 Å². The van der Waals surface area contributed by atoms with Crippen LogP contribution in [0.15, 0.2) is 30.3 Å². The molecule has 1 unspecified atom stereocenters. The van der Waals surface area contributed by atoms with Crippen molar-refractivity contribution in [2.45, 2.75) is 19.6 Å². The molecule has 4 nitrogen and oxygen atoms in total. The van der Waals surface area contributed by atoms with Gasteiger partial charge >= 0.3 is 5.97 Å². The average Bonchev–Trinajstić information content (AvgIpc) is 2.90. The number of carbonyl (C=O) groups is 1. The van der Waals surface area contributed by atoms with Crippen LogP contribution in [0.25, 0.3) is 0 Å². The first kappa shape index (κ1) is 12.1. The van der Waals surface area contributed by atoms with E-state index in [4.69, 9.17) is 9.47 Å². The summed E-state index contributed by atoms with van der Waals surface area (Å²) in [6.45, 7) is 3.28. The van der Waals surface area contributed by atoms with Crippen molar-refractivity contribution in [2.24, 2.45) is 5.92 Å².